The summed E-state index contributed by atoms with van der Waals surface area (Å²) in [5.41, 5.74) is 5.06. The Morgan fingerprint density at radius 3 is 2.43 bits per heavy atom. The summed E-state index contributed by atoms with van der Waals surface area (Å²) in [6.07, 6.45) is 7.94. The van der Waals surface area contributed by atoms with Gasteiger partial charge in [-0.25, -0.2) is 0 Å². The van der Waals surface area contributed by atoms with E-state index in [1.54, 1.807) is 0 Å². The highest BCUT2D eigenvalue weighted by Crippen LogP contribution is 2.39. The summed E-state index contributed by atoms with van der Waals surface area (Å²) in [4.78, 5) is 20.3. The lowest BCUT2D eigenvalue weighted by Gasteiger charge is -2.38. The van der Waals surface area contributed by atoms with E-state index in [0.717, 1.165) is 86.4 Å². The van der Waals surface area contributed by atoms with Crippen molar-refractivity contribution in [1.29, 1.82) is 0 Å². The van der Waals surface area contributed by atoms with Gasteiger partial charge < -0.3 is 10.6 Å². The molecule has 2 saturated heterocycles. The zero-order chi connectivity index (χ0) is 26.8. The molecule has 1 unspecified atom stereocenters. The minimum absolute atomic E-state index is 0.107. The van der Waals surface area contributed by atoms with Crippen LogP contribution in [0.25, 0.3) is 0 Å². The van der Waals surface area contributed by atoms with Crippen LogP contribution in [0.1, 0.15) is 81.8 Å². The number of aromatic nitrogens is 1. The number of carbonyl (C=O) groups excluding carboxylic acids is 1. The zero-order valence-electron chi connectivity index (χ0n) is 23.0. The Hall–Kier alpha value is -1.47. The van der Waals surface area contributed by atoms with E-state index >= 15 is 0 Å². The number of rotatable bonds is 4. The molecule has 37 heavy (non-hydrogen) atoms. The summed E-state index contributed by atoms with van der Waals surface area (Å²) in [7, 11) is 0. The van der Waals surface area contributed by atoms with Gasteiger partial charge in [0.2, 0.25) is 5.91 Å². The van der Waals surface area contributed by atoms with Crippen LogP contribution in [-0.4, -0.2) is 48.5 Å². The first-order valence-corrected chi connectivity index (χ1v) is 15.4. The van der Waals surface area contributed by atoms with E-state index in [1.165, 1.54) is 16.7 Å². The van der Waals surface area contributed by atoms with E-state index in [1.807, 2.05) is 40.0 Å². The molecule has 5 rings (SSSR count). The molecule has 0 saturated carbocycles. The van der Waals surface area contributed by atoms with Crippen LogP contribution in [0, 0.1) is 11.8 Å². The number of nitrogens with one attached hydrogen (secondary N) is 2. The van der Waals surface area contributed by atoms with Gasteiger partial charge in [-0.2, -0.15) is 0 Å². The molecule has 204 valence electrons. The fourth-order valence-electron chi connectivity index (χ4n) is 5.68. The molecule has 1 aromatic heterocycles. The predicted octanol–water partition coefficient (Wildman–Crippen LogP) is 6.57. The maximum Gasteiger partial charge on any atom is 0.223 e. The summed E-state index contributed by atoms with van der Waals surface area (Å²) in [6, 6.07) is 8.62. The lowest BCUT2D eigenvalue weighted by molar-refractivity contribution is -0.126. The topological polar surface area (TPSA) is 57.3 Å². The summed E-state index contributed by atoms with van der Waals surface area (Å²) in [5, 5.41) is 7.43. The first-order valence-electron chi connectivity index (χ1n) is 14.2. The average molecular weight is 592 g/mol. The Morgan fingerprint density at radius 1 is 1.05 bits per heavy atom. The smallest absolute Gasteiger partial charge is 0.223 e. The van der Waals surface area contributed by atoms with Crippen molar-refractivity contribution in [2.75, 3.05) is 32.7 Å². The van der Waals surface area contributed by atoms with Gasteiger partial charge >= 0.3 is 0 Å². The molecule has 0 radical (unpaired) electrons. The summed E-state index contributed by atoms with van der Waals surface area (Å²) in [6.45, 7) is 12.8. The summed E-state index contributed by atoms with van der Waals surface area (Å²) >= 11 is 9.96. The third-order valence-corrected chi connectivity index (χ3v) is 8.25. The van der Waals surface area contributed by atoms with Gasteiger partial charge in [0.15, 0.2) is 0 Å². The van der Waals surface area contributed by atoms with Crippen molar-refractivity contribution < 1.29 is 4.79 Å². The molecule has 2 aliphatic heterocycles. The average Bonchev–Trinajstić information content (AvgIpc) is 3.11. The number of fused-ring (bicyclic) bond motifs is 2. The Labute approximate surface area is 237 Å². The minimum atomic E-state index is 0.107. The van der Waals surface area contributed by atoms with Crippen molar-refractivity contribution >= 4 is 33.4 Å². The molecule has 5 nitrogen and oxygen atoms in total. The molecule has 3 aliphatic rings. The van der Waals surface area contributed by atoms with Crippen LogP contribution < -0.4 is 10.6 Å². The first-order chi connectivity index (χ1) is 18.1. The van der Waals surface area contributed by atoms with Gasteiger partial charge in [0.05, 0.1) is 11.7 Å². The van der Waals surface area contributed by atoms with Crippen LogP contribution in [0.3, 0.4) is 0 Å². The van der Waals surface area contributed by atoms with Crippen LogP contribution in [0.4, 0.5) is 0 Å². The predicted molar refractivity (Wildman–Crippen MR) is 158 cm³/mol. The minimum Gasteiger partial charge on any atom is -0.356 e. The molecule has 1 amide bonds. The van der Waals surface area contributed by atoms with Crippen molar-refractivity contribution in [3.05, 3.63) is 62.3 Å². The number of hydrogen-bond acceptors (Lipinski definition) is 4. The number of halogens is 2. The number of hydrogen-bond donors (Lipinski definition) is 2. The highest BCUT2D eigenvalue weighted by atomic mass is 79.9. The van der Waals surface area contributed by atoms with Crippen LogP contribution >= 0.6 is 27.5 Å². The molecule has 1 atom stereocenters. The van der Waals surface area contributed by atoms with E-state index in [4.69, 9.17) is 16.6 Å². The molecule has 3 heterocycles. The fraction of sp³-hybridized carbons (Fsp3) is 0.600. The van der Waals surface area contributed by atoms with Gasteiger partial charge in [-0.05, 0) is 121 Å². The number of benzene rings is 1. The van der Waals surface area contributed by atoms with Crippen molar-refractivity contribution in [2.24, 2.45) is 11.8 Å². The van der Waals surface area contributed by atoms with Gasteiger partial charge in [0.1, 0.15) is 0 Å². The number of aryl methyl sites for hydroxylation is 2. The van der Waals surface area contributed by atoms with Gasteiger partial charge in [-0.15, -0.1) is 0 Å². The molecular weight excluding hydrogens is 548 g/mol. The summed E-state index contributed by atoms with van der Waals surface area (Å²) in [5.74, 6) is 0.964. The van der Waals surface area contributed by atoms with Crippen LogP contribution in [0.15, 0.2) is 34.9 Å². The molecule has 0 spiro atoms. The molecule has 2 N–H and O–H groups in total. The molecular formula is C30H44BrClN4O. The van der Waals surface area contributed by atoms with E-state index in [-0.39, 0.29) is 17.9 Å². The largest absolute Gasteiger partial charge is 0.356 e. The van der Waals surface area contributed by atoms with E-state index in [9.17, 15) is 4.79 Å². The number of nitrogens with zero attached hydrogens (tertiary/aromatic N) is 2. The Bertz CT molecular complexity index is 950. The molecule has 2 fully saturated rings. The zero-order valence-corrected chi connectivity index (χ0v) is 25.3. The lowest BCUT2D eigenvalue weighted by Crippen LogP contribution is -2.44. The second-order valence-electron chi connectivity index (χ2n) is 9.69. The number of amides is 1. The molecule has 7 heteroatoms. The third kappa shape index (κ3) is 7.78. The molecule has 1 aromatic carbocycles. The third-order valence-electron chi connectivity index (χ3n) is 7.58. The van der Waals surface area contributed by atoms with E-state index in [0.29, 0.717) is 5.92 Å². The Morgan fingerprint density at radius 2 is 1.73 bits per heavy atom. The monoisotopic (exact) mass is 590 g/mol. The van der Waals surface area contributed by atoms with E-state index in [2.05, 4.69) is 49.7 Å². The van der Waals surface area contributed by atoms with Crippen LogP contribution in [0.5, 0.6) is 0 Å². The second kappa shape index (κ2) is 15.2. The SMILES string of the molecule is CC.CC.O=C(NCC1CCNCC1)C1CCN(C2c3ccc(Cl)cc3CCc3cc(Br)cnc32)CC1. The molecule has 2 aromatic rings. The number of pyridine rings is 1. The quantitative estimate of drug-likeness (QED) is 0.423. The van der Waals surface area contributed by atoms with Crippen molar-refractivity contribution in [3.8, 4) is 0 Å². The number of likely N-dealkylation sites (tertiary alicyclic amines) is 1. The van der Waals surface area contributed by atoms with Crippen molar-refractivity contribution in [1.82, 2.24) is 20.5 Å². The van der Waals surface area contributed by atoms with E-state index < -0.39 is 0 Å². The lowest BCUT2D eigenvalue weighted by atomic mass is 9.90. The van der Waals surface area contributed by atoms with Gasteiger partial charge in [0.25, 0.3) is 0 Å². The van der Waals surface area contributed by atoms with Gasteiger partial charge in [-0.3, -0.25) is 14.7 Å². The summed E-state index contributed by atoms with van der Waals surface area (Å²) < 4.78 is 1.02. The highest BCUT2D eigenvalue weighted by Gasteiger charge is 2.34. The second-order valence-corrected chi connectivity index (χ2v) is 11.0. The maximum absolute atomic E-state index is 12.9. The Kier molecular flexibility index (Phi) is 12.4. The fourth-order valence-corrected chi connectivity index (χ4v) is 6.25. The van der Waals surface area contributed by atoms with Crippen LogP contribution in [0.2, 0.25) is 5.02 Å². The standard InChI is InChI=1S/C26H32BrClN4O.2C2H6/c27-21-13-20-2-1-19-14-22(28)3-4-23(19)25(24(20)30-16-21)32-11-7-18(8-12-32)26(33)31-15-17-5-9-29-10-6-17;2*1-2/h3-4,13-14,16-18,25,29H,1-2,5-12,15H2,(H,31,33);2*1-2H3. The Balaban J connectivity index is 0.000000907. The number of piperidine rings is 2. The van der Waals surface area contributed by atoms with Gasteiger partial charge in [0, 0.05) is 28.2 Å². The van der Waals surface area contributed by atoms with Crippen molar-refractivity contribution in [2.45, 2.75) is 72.3 Å². The van der Waals surface area contributed by atoms with Gasteiger partial charge in [-0.1, -0.05) is 45.4 Å². The first kappa shape index (κ1) is 30.1. The van der Waals surface area contributed by atoms with Crippen molar-refractivity contribution in [3.63, 3.8) is 0 Å². The van der Waals surface area contributed by atoms with Crippen LogP contribution in [-0.2, 0) is 17.6 Å². The number of carbonyl (C=O) groups is 1. The normalized spacial score (nSPS) is 20.2. The maximum atomic E-state index is 12.9. The molecule has 1 aliphatic carbocycles. The highest BCUT2D eigenvalue weighted by molar-refractivity contribution is 9.10. The molecule has 0 bridgehead atoms.